The minimum Gasteiger partial charge on any atom is -0.481 e. The highest BCUT2D eigenvalue weighted by molar-refractivity contribution is 5.91. The fourth-order valence-electron chi connectivity index (χ4n) is 8.71. The molecule has 0 spiro atoms. The van der Waals surface area contributed by atoms with Crippen LogP contribution in [0.3, 0.4) is 0 Å². The van der Waals surface area contributed by atoms with Crippen LogP contribution in [0.2, 0.25) is 0 Å². The number of carboxylic acid groups (broad SMARTS) is 1. The van der Waals surface area contributed by atoms with Crippen LogP contribution in [0, 0.1) is 28.6 Å². The largest absolute Gasteiger partial charge is 0.481 e. The van der Waals surface area contributed by atoms with Gasteiger partial charge in [-0.1, -0.05) is 50.2 Å². The van der Waals surface area contributed by atoms with E-state index in [0.29, 0.717) is 0 Å². The molecule has 4 aliphatic rings. The highest BCUT2D eigenvalue weighted by atomic mass is 16.7. The van der Waals surface area contributed by atoms with Crippen molar-refractivity contribution in [3.63, 3.8) is 0 Å². The standard InChI is InChI=1S/C34H36O11/c1-18-21-16-24(36)45-33(21,41)17-22-25(18)26(43-28(37)19-10-6-4-7-11-19)27(44-29(38)20-12-8-5-9-13-20)34(42)31(22,2)15-14-23(35)32(34,3)30(39)40/h4-13,16,18,22-23,25-27,35,41-42H,14-15,17H2,1-3H3,(H,39,40)/t18-,22-,23+,25-,26-,27-,31-,32+,33+,34+/m1/s1. The summed E-state index contributed by atoms with van der Waals surface area (Å²) in [5, 5.41) is 46.7. The average molecular weight is 621 g/mol. The van der Waals surface area contributed by atoms with E-state index in [1.165, 1.54) is 37.3 Å². The van der Waals surface area contributed by atoms with Crippen molar-refractivity contribution < 1.29 is 53.8 Å². The molecule has 238 valence electrons. The Bertz CT molecular complexity index is 1570. The minimum absolute atomic E-state index is 0.0338. The van der Waals surface area contributed by atoms with Crippen molar-refractivity contribution in [3.05, 3.63) is 83.4 Å². The molecule has 0 saturated heterocycles. The number of ether oxygens (including phenoxy) is 3. The van der Waals surface area contributed by atoms with E-state index in [4.69, 9.17) is 14.2 Å². The monoisotopic (exact) mass is 620 g/mol. The van der Waals surface area contributed by atoms with Gasteiger partial charge in [0, 0.05) is 29.4 Å². The molecule has 0 bridgehead atoms. The Morgan fingerprint density at radius 1 is 0.911 bits per heavy atom. The molecule has 11 nitrogen and oxygen atoms in total. The first-order valence-corrected chi connectivity index (χ1v) is 15.0. The molecule has 1 heterocycles. The summed E-state index contributed by atoms with van der Waals surface area (Å²) in [4.78, 5) is 53.0. The molecule has 0 unspecified atom stereocenters. The van der Waals surface area contributed by atoms with Gasteiger partial charge in [-0.2, -0.15) is 0 Å². The van der Waals surface area contributed by atoms with Gasteiger partial charge >= 0.3 is 23.9 Å². The molecule has 3 saturated carbocycles. The van der Waals surface area contributed by atoms with Crippen molar-refractivity contribution in [2.24, 2.45) is 28.6 Å². The van der Waals surface area contributed by atoms with E-state index < -0.39 is 82.2 Å². The van der Waals surface area contributed by atoms with Gasteiger partial charge in [0.15, 0.2) is 6.10 Å². The number of aliphatic hydroxyl groups excluding tert-OH is 1. The number of benzene rings is 2. The molecular formula is C34H36O11. The predicted octanol–water partition coefficient (Wildman–Crippen LogP) is 2.88. The molecular weight excluding hydrogens is 584 g/mol. The summed E-state index contributed by atoms with van der Waals surface area (Å²) in [6.07, 6.45) is -3.89. The lowest BCUT2D eigenvalue weighted by atomic mass is 9.38. The first-order chi connectivity index (χ1) is 21.2. The van der Waals surface area contributed by atoms with Gasteiger partial charge in [-0.25, -0.2) is 14.4 Å². The summed E-state index contributed by atoms with van der Waals surface area (Å²) in [5.41, 5.74) is -5.85. The number of aliphatic hydroxyl groups is 3. The van der Waals surface area contributed by atoms with Crippen LogP contribution in [0.25, 0.3) is 0 Å². The van der Waals surface area contributed by atoms with Gasteiger partial charge in [0.25, 0.3) is 0 Å². The highest BCUT2D eigenvalue weighted by Gasteiger charge is 2.80. The fourth-order valence-corrected chi connectivity index (χ4v) is 8.71. The number of hydrogen-bond donors (Lipinski definition) is 4. The third-order valence-corrected chi connectivity index (χ3v) is 11.1. The van der Waals surface area contributed by atoms with Gasteiger partial charge in [-0.05, 0) is 55.9 Å². The quantitative estimate of drug-likeness (QED) is 0.286. The molecule has 3 aliphatic carbocycles. The molecule has 1 aliphatic heterocycles. The van der Waals surface area contributed by atoms with Gasteiger partial charge < -0.3 is 34.6 Å². The maximum absolute atomic E-state index is 13.7. The van der Waals surface area contributed by atoms with Crippen LogP contribution < -0.4 is 0 Å². The van der Waals surface area contributed by atoms with E-state index in [-0.39, 0.29) is 36.0 Å². The first-order valence-electron chi connectivity index (χ1n) is 15.0. The smallest absolute Gasteiger partial charge is 0.338 e. The normalized spacial score (nSPS) is 40.1. The summed E-state index contributed by atoms with van der Waals surface area (Å²) in [6, 6.07) is 15.9. The van der Waals surface area contributed by atoms with Gasteiger partial charge in [0.1, 0.15) is 17.1 Å². The predicted molar refractivity (Wildman–Crippen MR) is 155 cm³/mol. The zero-order chi connectivity index (χ0) is 32.5. The Morgan fingerprint density at radius 2 is 1.47 bits per heavy atom. The summed E-state index contributed by atoms with van der Waals surface area (Å²) in [5.74, 6) is -8.41. The van der Waals surface area contributed by atoms with Gasteiger partial charge in [0.2, 0.25) is 5.79 Å². The second kappa shape index (κ2) is 10.5. The van der Waals surface area contributed by atoms with Crippen LogP contribution in [0.15, 0.2) is 72.3 Å². The topological polar surface area (TPSA) is 177 Å². The Morgan fingerprint density at radius 3 is 2.02 bits per heavy atom. The molecule has 45 heavy (non-hydrogen) atoms. The number of rotatable bonds is 5. The number of aliphatic carboxylic acids is 1. The third kappa shape index (κ3) is 4.28. The van der Waals surface area contributed by atoms with E-state index in [9.17, 15) is 39.6 Å². The van der Waals surface area contributed by atoms with Crippen molar-refractivity contribution in [1.82, 2.24) is 0 Å². The number of hydrogen-bond acceptors (Lipinski definition) is 10. The van der Waals surface area contributed by atoms with Gasteiger partial charge in [-0.3, -0.25) is 4.79 Å². The van der Waals surface area contributed by atoms with Crippen molar-refractivity contribution in [2.45, 2.75) is 69.7 Å². The average Bonchev–Trinajstić information content (AvgIpc) is 3.34. The van der Waals surface area contributed by atoms with Crippen LogP contribution in [0.4, 0.5) is 0 Å². The maximum Gasteiger partial charge on any atom is 0.338 e. The molecule has 11 heteroatoms. The maximum atomic E-state index is 13.7. The van der Waals surface area contributed by atoms with E-state index in [2.05, 4.69) is 0 Å². The van der Waals surface area contributed by atoms with Gasteiger partial charge in [0.05, 0.1) is 17.2 Å². The lowest BCUT2D eigenvalue weighted by Crippen LogP contribution is -2.82. The van der Waals surface area contributed by atoms with Crippen molar-refractivity contribution in [3.8, 4) is 0 Å². The first kappa shape index (κ1) is 30.9. The SMILES string of the molecule is C[C@@H]1C2=CC(=O)O[C@@]2(O)C[C@@H]2[C@@H]1[C@@H](OC(=O)c1ccccc1)[C@@H](OC(=O)c1ccccc1)[C@]1(O)[C@]2(C)CC[C@H](O)[C@@]1(C)C(=O)O. The van der Waals surface area contributed by atoms with Crippen LogP contribution >= 0.6 is 0 Å². The molecule has 6 rings (SSSR count). The Hall–Kier alpha value is -4.06. The van der Waals surface area contributed by atoms with E-state index in [0.717, 1.165) is 0 Å². The van der Waals surface area contributed by atoms with E-state index in [1.807, 2.05) is 0 Å². The molecule has 10 atom stereocenters. The zero-order valence-corrected chi connectivity index (χ0v) is 25.1. The van der Waals surface area contributed by atoms with Crippen molar-refractivity contribution in [1.29, 1.82) is 0 Å². The van der Waals surface area contributed by atoms with E-state index >= 15 is 0 Å². The highest BCUT2D eigenvalue weighted by Crippen LogP contribution is 2.69. The summed E-state index contributed by atoms with van der Waals surface area (Å²) < 4.78 is 17.6. The number of carbonyl (C=O) groups excluding carboxylic acids is 3. The lowest BCUT2D eigenvalue weighted by molar-refractivity contribution is -0.339. The Labute approximate surface area is 259 Å². The molecule has 0 aromatic heterocycles. The Kier molecular flexibility index (Phi) is 7.22. The lowest BCUT2D eigenvalue weighted by Gasteiger charge is -2.69. The summed E-state index contributed by atoms with van der Waals surface area (Å²) >= 11 is 0. The minimum atomic E-state index is -2.56. The molecule has 0 radical (unpaired) electrons. The van der Waals surface area contributed by atoms with Crippen LogP contribution in [0.5, 0.6) is 0 Å². The van der Waals surface area contributed by atoms with E-state index in [1.54, 1.807) is 50.2 Å². The van der Waals surface area contributed by atoms with Crippen LogP contribution in [-0.4, -0.2) is 74.0 Å². The number of esters is 3. The summed E-state index contributed by atoms with van der Waals surface area (Å²) in [6.45, 7) is 4.55. The van der Waals surface area contributed by atoms with Gasteiger partial charge in [-0.15, -0.1) is 0 Å². The summed E-state index contributed by atoms with van der Waals surface area (Å²) in [7, 11) is 0. The number of carboxylic acids is 1. The van der Waals surface area contributed by atoms with Crippen molar-refractivity contribution in [2.75, 3.05) is 0 Å². The second-order valence-corrected chi connectivity index (χ2v) is 13.2. The molecule has 3 fully saturated rings. The van der Waals surface area contributed by atoms with Crippen LogP contribution in [0.1, 0.15) is 60.7 Å². The van der Waals surface area contributed by atoms with Crippen LogP contribution in [-0.2, 0) is 23.8 Å². The fraction of sp³-hybridized carbons (Fsp3) is 0.471. The molecule has 2 aromatic carbocycles. The zero-order valence-electron chi connectivity index (χ0n) is 25.1. The van der Waals surface area contributed by atoms with Crippen molar-refractivity contribution >= 4 is 23.9 Å². The molecule has 4 N–H and O–H groups in total. The second-order valence-electron chi connectivity index (χ2n) is 13.2. The number of carbonyl (C=O) groups is 4. The molecule has 2 aromatic rings. The molecule has 0 amide bonds. The third-order valence-electron chi connectivity index (χ3n) is 11.1. The number of fused-ring (bicyclic) bond motifs is 4. The Balaban J connectivity index is 1.59.